The number of azo groups is 1. The Balaban J connectivity index is 2.22. The lowest BCUT2D eigenvalue weighted by atomic mass is 10.2. The normalized spacial score (nSPS) is 11.3. The van der Waals surface area contributed by atoms with Gasteiger partial charge in [0.1, 0.15) is 5.69 Å². The summed E-state index contributed by atoms with van der Waals surface area (Å²) in [5.74, 6) is -1.03. The molecule has 2 aromatic rings. The van der Waals surface area contributed by atoms with Gasteiger partial charge in [-0.1, -0.05) is 4.86 Å². The van der Waals surface area contributed by atoms with Crippen molar-refractivity contribution in [2.45, 2.75) is 6.61 Å². The molecule has 0 aliphatic heterocycles. The van der Waals surface area contributed by atoms with Crippen LogP contribution in [-0.4, -0.2) is 21.0 Å². The smallest absolute Gasteiger partial charge is 0.335 e. The van der Waals surface area contributed by atoms with Crippen LogP contribution in [0.25, 0.3) is 0 Å². The van der Waals surface area contributed by atoms with Gasteiger partial charge in [0, 0.05) is 17.2 Å². The Morgan fingerprint density at radius 2 is 1.70 bits per heavy atom. The Kier molecular flexibility index (Phi) is 4.07. The molecule has 0 saturated heterocycles. The molecule has 20 heavy (non-hydrogen) atoms. The second-order valence-electron chi connectivity index (χ2n) is 4.05. The average molecular weight is 272 g/mol. The number of aliphatic hydroxyl groups is 1. The molecule has 0 heterocycles. The van der Waals surface area contributed by atoms with E-state index in [1.54, 1.807) is 24.3 Å². The maximum absolute atomic E-state index is 11.8. The summed E-state index contributed by atoms with van der Waals surface area (Å²) in [6, 6.07) is 12.0. The van der Waals surface area contributed by atoms with E-state index in [-0.39, 0.29) is 12.2 Å². The Morgan fingerprint density at radius 1 is 1.10 bits per heavy atom. The molecule has 6 heteroatoms. The number of carboxylic acid groups (broad SMARTS) is 1. The molecule has 0 fully saturated rings. The lowest BCUT2D eigenvalue weighted by Gasteiger charge is -2.01. The molecule has 0 spiro atoms. The van der Waals surface area contributed by atoms with Gasteiger partial charge in [-0.3, -0.25) is 0 Å². The Labute approximate surface area is 114 Å². The first-order chi connectivity index (χ1) is 9.60. The first-order valence-electron chi connectivity index (χ1n) is 5.82. The Hall–Kier alpha value is -2.73. The molecule has 0 bridgehead atoms. The van der Waals surface area contributed by atoms with Crippen molar-refractivity contribution in [3.05, 3.63) is 64.9 Å². The molecular formula is C14H12N2O4. The average Bonchev–Trinajstić information content (AvgIpc) is 2.48. The molecule has 0 unspecified atom stereocenters. The molecule has 0 aliphatic rings. The highest BCUT2D eigenvalue weighted by Gasteiger charge is 2.06. The maximum atomic E-state index is 11.8. The molecule has 0 radical (unpaired) electrons. The van der Waals surface area contributed by atoms with Crippen LogP contribution in [-0.2, 0) is 6.61 Å². The van der Waals surface area contributed by atoms with Crippen LogP contribution in [0.2, 0.25) is 0 Å². The quantitative estimate of drug-likeness (QED) is 0.508. The van der Waals surface area contributed by atoms with Gasteiger partial charge < -0.3 is 15.4 Å². The van der Waals surface area contributed by atoms with Crippen molar-refractivity contribution >= 4 is 17.3 Å². The highest BCUT2D eigenvalue weighted by atomic mass is 16.5. The lowest BCUT2D eigenvalue weighted by Crippen LogP contribution is -1.95. The number of benzene rings is 2. The van der Waals surface area contributed by atoms with E-state index < -0.39 is 5.97 Å². The molecular weight excluding hydrogens is 260 g/mol. The van der Waals surface area contributed by atoms with Crippen LogP contribution >= 0.6 is 0 Å². The summed E-state index contributed by atoms with van der Waals surface area (Å²) in [5.41, 5.74) is 1.52. The molecule has 2 N–H and O–H groups in total. The SMILES string of the molecule is O=C(O)c1ccc(N=[N+]([O-])c2ccc(CO)cc2)cc1. The summed E-state index contributed by atoms with van der Waals surface area (Å²) in [6.45, 7) is -0.0903. The van der Waals surface area contributed by atoms with E-state index >= 15 is 0 Å². The molecule has 0 saturated carbocycles. The molecule has 0 amide bonds. The summed E-state index contributed by atoms with van der Waals surface area (Å²) >= 11 is 0. The maximum Gasteiger partial charge on any atom is 0.335 e. The number of rotatable bonds is 4. The van der Waals surface area contributed by atoms with Crippen molar-refractivity contribution in [1.29, 1.82) is 0 Å². The van der Waals surface area contributed by atoms with Gasteiger partial charge in [0.2, 0.25) is 5.69 Å². The predicted octanol–water partition coefficient (Wildman–Crippen LogP) is 2.80. The number of hydrogen-bond acceptors (Lipinski definition) is 4. The molecule has 0 aromatic heterocycles. The fourth-order valence-electron chi connectivity index (χ4n) is 1.56. The van der Waals surface area contributed by atoms with Crippen LogP contribution in [0.15, 0.2) is 53.6 Å². The van der Waals surface area contributed by atoms with E-state index in [1.807, 2.05) is 0 Å². The van der Waals surface area contributed by atoms with Crippen LogP contribution in [0.1, 0.15) is 15.9 Å². The number of nitrogens with zero attached hydrogens (tertiary/aromatic N) is 2. The van der Waals surface area contributed by atoms with E-state index in [2.05, 4.69) is 5.11 Å². The van der Waals surface area contributed by atoms with Crippen molar-refractivity contribution in [1.82, 2.24) is 0 Å². The molecule has 2 rings (SSSR count). The van der Waals surface area contributed by atoms with E-state index in [4.69, 9.17) is 10.2 Å². The summed E-state index contributed by atoms with van der Waals surface area (Å²) < 4.78 is 0. The van der Waals surface area contributed by atoms with Crippen LogP contribution in [0.3, 0.4) is 0 Å². The van der Waals surface area contributed by atoms with Gasteiger partial charge in [-0.2, -0.15) is 0 Å². The number of hydrogen-bond donors (Lipinski definition) is 2. The fourth-order valence-corrected chi connectivity index (χ4v) is 1.56. The zero-order valence-electron chi connectivity index (χ0n) is 10.4. The van der Waals surface area contributed by atoms with Crippen molar-refractivity contribution in [3.63, 3.8) is 0 Å². The van der Waals surface area contributed by atoms with Gasteiger partial charge in [0.05, 0.1) is 12.2 Å². The minimum Gasteiger partial charge on any atom is -0.594 e. The number of carbonyl (C=O) groups is 1. The van der Waals surface area contributed by atoms with Crippen molar-refractivity contribution in [3.8, 4) is 0 Å². The third kappa shape index (κ3) is 3.18. The monoisotopic (exact) mass is 272 g/mol. The van der Waals surface area contributed by atoms with Crippen molar-refractivity contribution in [2.75, 3.05) is 0 Å². The molecule has 102 valence electrons. The van der Waals surface area contributed by atoms with E-state index in [0.717, 1.165) is 0 Å². The third-order valence-corrected chi connectivity index (χ3v) is 2.66. The molecule has 0 atom stereocenters. The van der Waals surface area contributed by atoms with Gasteiger partial charge in [-0.15, -0.1) is 0 Å². The Morgan fingerprint density at radius 3 is 2.20 bits per heavy atom. The van der Waals surface area contributed by atoms with Gasteiger partial charge in [-0.25, -0.2) is 4.79 Å². The standard InChI is InChI=1S/C14H12N2O4/c17-9-10-1-7-13(8-2-10)16(20)15-12-5-3-11(4-6-12)14(18)19/h1-8,17H,9H2,(H,18,19). The number of aromatic carboxylic acids is 1. The van der Waals surface area contributed by atoms with Crippen LogP contribution < -0.4 is 0 Å². The fraction of sp³-hybridized carbons (Fsp3) is 0.0714. The highest BCUT2D eigenvalue weighted by Crippen LogP contribution is 2.18. The van der Waals surface area contributed by atoms with Crippen LogP contribution in [0.5, 0.6) is 0 Å². The largest absolute Gasteiger partial charge is 0.594 e. The van der Waals surface area contributed by atoms with E-state index in [9.17, 15) is 10.0 Å². The van der Waals surface area contributed by atoms with Gasteiger partial charge >= 0.3 is 5.97 Å². The van der Waals surface area contributed by atoms with Crippen molar-refractivity contribution < 1.29 is 19.9 Å². The lowest BCUT2D eigenvalue weighted by molar-refractivity contribution is -0.435. The van der Waals surface area contributed by atoms with Gasteiger partial charge in [-0.05, 0) is 42.0 Å². The second-order valence-corrected chi connectivity index (χ2v) is 4.05. The summed E-state index contributed by atoms with van der Waals surface area (Å²) in [5, 5.41) is 33.3. The number of carboxylic acids is 1. The van der Waals surface area contributed by atoms with E-state index in [0.29, 0.717) is 21.8 Å². The summed E-state index contributed by atoms with van der Waals surface area (Å²) in [4.78, 5) is 11.1. The second kappa shape index (κ2) is 5.94. The zero-order valence-corrected chi connectivity index (χ0v) is 10.4. The van der Waals surface area contributed by atoms with Gasteiger partial charge in [0.25, 0.3) is 0 Å². The molecule has 2 aromatic carbocycles. The van der Waals surface area contributed by atoms with Crippen LogP contribution in [0.4, 0.5) is 11.4 Å². The summed E-state index contributed by atoms with van der Waals surface area (Å²) in [7, 11) is 0. The number of aliphatic hydroxyl groups excluding tert-OH is 1. The van der Waals surface area contributed by atoms with Crippen LogP contribution in [0, 0.1) is 5.21 Å². The zero-order chi connectivity index (χ0) is 14.5. The topological polar surface area (TPSA) is 96.0 Å². The Bertz CT molecular complexity index is 633. The molecule has 6 nitrogen and oxygen atoms in total. The minimum absolute atomic E-state index is 0.0903. The van der Waals surface area contributed by atoms with Gasteiger partial charge in [0.15, 0.2) is 0 Å². The van der Waals surface area contributed by atoms with Crippen molar-refractivity contribution in [2.24, 2.45) is 5.11 Å². The predicted molar refractivity (Wildman–Crippen MR) is 71.1 cm³/mol. The summed E-state index contributed by atoms with van der Waals surface area (Å²) in [6.07, 6.45) is 0. The highest BCUT2D eigenvalue weighted by molar-refractivity contribution is 5.87. The van der Waals surface area contributed by atoms with E-state index in [1.165, 1.54) is 24.3 Å². The minimum atomic E-state index is -1.03. The first kappa shape index (κ1) is 13.7. The first-order valence-corrected chi connectivity index (χ1v) is 5.82. The third-order valence-electron chi connectivity index (χ3n) is 2.66. The molecule has 0 aliphatic carbocycles.